The van der Waals surface area contributed by atoms with Gasteiger partial charge in [-0.2, -0.15) is 0 Å². The topological polar surface area (TPSA) is 52.7 Å². The minimum atomic E-state index is -0.163. The van der Waals surface area contributed by atoms with Crippen molar-refractivity contribution in [3.05, 3.63) is 40.6 Å². The van der Waals surface area contributed by atoms with Crippen molar-refractivity contribution >= 4 is 40.2 Å². The molecular formula is C22H29N3O2S. The van der Waals surface area contributed by atoms with Crippen molar-refractivity contribution in [2.75, 3.05) is 16.8 Å². The third-order valence-corrected chi connectivity index (χ3v) is 5.88. The normalized spacial score (nSPS) is 13.5. The van der Waals surface area contributed by atoms with E-state index in [9.17, 15) is 9.59 Å². The molecule has 0 unspecified atom stereocenters. The number of unbranched alkanes of at least 4 members (excludes halogenated alkanes) is 1. The first kappa shape index (κ1) is 20.6. The van der Waals surface area contributed by atoms with Gasteiger partial charge in [-0.05, 0) is 59.2 Å². The molecule has 0 aliphatic carbocycles. The van der Waals surface area contributed by atoms with Crippen LogP contribution in [0.4, 0.5) is 17.1 Å². The minimum absolute atomic E-state index is 0.0317. The Bertz CT molecular complexity index is 836. The maximum absolute atomic E-state index is 13.2. The zero-order chi connectivity index (χ0) is 20.3. The Morgan fingerprint density at radius 2 is 1.79 bits per heavy atom. The van der Waals surface area contributed by atoms with Gasteiger partial charge in [0.2, 0.25) is 5.91 Å². The molecule has 0 radical (unpaired) electrons. The molecule has 0 bridgehead atoms. The summed E-state index contributed by atoms with van der Waals surface area (Å²) in [5, 5.41) is 6.61. The maximum Gasteiger partial charge on any atom is 0.258 e. The highest BCUT2D eigenvalue weighted by Gasteiger charge is 2.29. The number of hydrogen-bond acceptors (Lipinski definition) is 4. The first-order valence-corrected chi connectivity index (χ1v) is 10.9. The van der Waals surface area contributed by atoms with Crippen molar-refractivity contribution in [2.45, 2.75) is 59.0 Å². The molecule has 0 spiro atoms. The first-order chi connectivity index (χ1) is 13.4. The van der Waals surface area contributed by atoms with E-state index in [-0.39, 0.29) is 11.8 Å². The average Bonchev–Trinajstić information content (AvgIpc) is 3.08. The summed E-state index contributed by atoms with van der Waals surface area (Å²) in [5.41, 5.74) is 2.65. The molecule has 0 saturated carbocycles. The van der Waals surface area contributed by atoms with E-state index in [1.54, 1.807) is 10.3 Å². The van der Waals surface area contributed by atoms with Crippen LogP contribution in [-0.4, -0.2) is 35.3 Å². The van der Waals surface area contributed by atoms with Crippen LogP contribution in [0.15, 0.2) is 35.0 Å². The van der Waals surface area contributed by atoms with Crippen molar-refractivity contribution in [2.24, 2.45) is 0 Å². The fourth-order valence-corrected chi connectivity index (χ4v) is 4.58. The van der Waals surface area contributed by atoms with Crippen LogP contribution in [0, 0.1) is 0 Å². The molecule has 1 aromatic heterocycles. The third-order valence-electron chi connectivity index (χ3n) is 5.15. The number of carbonyl (C=O) groups excluding carboxylic acids is 2. The van der Waals surface area contributed by atoms with Crippen LogP contribution in [0.2, 0.25) is 0 Å². The van der Waals surface area contributed by atoms with E-state index in [1.165, 1.54) is 11.3 Å². The number of thiophene rings is 1. The molecule has 0 fully saturated rings. The van der Waals surface area contributed by atoms with Gasteiger partial charge in [-0.25, -0.2) is 0 Å². The van der Waals surface area contributed by atoms with Crippen molar-refractivity contribution in [3.63, 3.8) is 0 Å². The summed E-state index contributed by atoms with van der Waals surface area (Å²) in [6, 6.07) is 8.49. The van der Waals surface area contributed by atoms with E-state index < -0.39 is 0 Å². The van der Waals surface area contributed by atoms with Gasteiger partial charge in [-0.1, -0.05) is 12.1 Å². The highest BCUT2D eigenvalue weighted by atomic mass is 32.1. The van der Waals surface area contributed by atoms with E-state index in [1.807, 2.05) is 29.6 Å². The molecule has 6 heteroatoms. The van der Waals surface area contributed by atoms with Crippen molar-refractivity contribution in [1.29, 1.82) is 0 Å². The van der Waals surface area contributed by atoms with E-state index in [4.69, 9.17) is 0 Å². The lowest BCUT2D eigenvalue weighted by Crippen LogP contribution is -2.37. The van der Waals surface area contributed by atoms with E-state index in [0.717, 1.165) is 25.1 Å². The zero-order valence-corrected chi connectivity index (χ0v) is 17.9. The van der Waals surface area contributed by atoms with Gasteiger partial charge in [-0.15, -0.1) is 11.3 Å². The van der Waals surface area contributed by atoms with Crippen LogP contribution < -0.4 is 10.2 Å². The number of rotatable bonds is 7. The second kappa shape index (κ2) is 8.88. The smallest absolute Gasteiger partial charge is 0.258 e. The number of nitrogens with one attached hydrogen (secondary N) is 1. The van der Waals surface area contributed by atoms with Gasteiger partial charge in [0.05, 0.1) is 22.6 Å². The number of carbonyl (C=O) groups is 2. The van der Waals surface area contributed by atoms with Crippen LogP contribution >= 0.6 is 11.3 Å². The summed E-state index contributed by atoms with van der Waals surface area (Å²) in [6.07, 6.45) is 2.27. The van der Waals surface area contributed by atoms with Crippen LogP contribution in [0.25, 0.3) is 0 Å². The minimum Gasteiger partial charge on any atom is -0.320 e. The van der Waals surface area contributed by atoms with Crippen LogP contribution in [-0.2, 0) is 4.79 Å². The standard InChI is InChI=1S/C22H29N3O2S/c1-15(2)24(16(3)4)12-8-7-11-21(26)25-19-10-6-5-9-18(19)23-22(27)17-13-28-14-20(17)25/h5-6,9-10,13-16H,7-8,11-12H2,1-4H3,(H,23,27). The lowest BCUT2D eigenvalue weighted by molar-refractivity contribution is -0.118. The summed E-state index contributed by atoms with van der Waals surface area (Å²) < 4.78 is 0. The largest absolute Gasteiger partial charge is 0.320 e. The monoisotopic (exact) mass is 399 g/mol. The summed E-state index contributed by atoms with van der Waals surface area (Å²) in [4.78, 5) is 29.8. The molecule has 1 aliphatic heterocycles. The van der Waals surface area contributed by atoms with Gasteiger partial charge < -0.3 is 5.32 Å². The van der Waals surface area contributed by atoms with Crippen LogP contribution in [0.5, 0.6) is 0 Å². The fraction of sp³-hybridized carbons (Fsp3) is 0.455. The molecule has 0 atom stereocenters. The fourth-order valence-electron chi connectivity index (χ4n) is 3.79. The lowest BCUT2D eigenvalue weighted by atomic mass is 10.1. The molecule has 0 saturated heterocycles. The maximum atomic E-state index is 13.2. The van der Waals surface area contributed by atoms with Crippen LogP contribution in [0.3, 0.4) is 0 Å². The molecule has 28 heavy (non-hydrogen) atoms. The van der Waals surface area contributed by atoms with E-state index >= 15 is 0 Å². The zero-order valence-electron chi connectivity index (χ0n) is 17.1. The number of anilines is 3. The quantitative estimate of drug-likeness (QED) is 0.646. The first-order valence-electron chi connectivity index (χ1n) is 9.95. The highest BCUT2D eigenvalue weighted by molar-refractivity contribution is 7.08. The molecule has 1 aliphatic rings. The number of benzene rings is 1. The van der Waals surface area contributed by atoms with Gasteiger partial charge in [0.15, 0.2) is 0 Å². The SMILES string of the molecule is CC(C)N(CCCCC(=O)N1c2ccccc2NC(=O)c2cscc21)C(C)C. The Hall–Kier alpha value is -2.18. The van der Waals surface area contributed by atoms with Gasteiger partial charge >= 0.3 is 0 Å². The predicted molar refractivity (Wildman–Crippen MR) is 117 cm³/mol. The lowest BCUT2D eigenvalue weighted by Gasteiger charge is -2.30. The molecule has 1 N–H and O–H groups in total. The Balaban J connectivity index is 1.73. The van der Waals surface area contributed by atoms with Crippen molar-refractivity contribution in [3.8, 4) is 0 Å². The number of nitrogens with zero attached hydrogens (tertiary/aromatic N) is 2. The van der Waals surface area contributed by atoms with E-state index in [2.05, 4.69) is 37.9 Å². The van der Waals surface area contributed by atoms with Gasteiger partial charge in [0, 0.05) is 29.3 Å². The molecule has 1 aromatic carbocycles. The highest BCUT2D eigenvalue weighted by Crippen LogP contribution is 2.39. The molecule has 2 aromatic rings. The Labute approximate surface area is 171 Å². The van der Waals surface area contributed by atoms with Gasteiger partial charge in [0.1, 0.15) is 0 Å². The van der Waals surface area contributed by atoms with Gasteiger partial charge in [0.25, 0.3) is 5.91 Å². The Morgan fingerprint density at radius 1 is 1.07 bits per heavy atom. The van der Waals surface area contributed by atoms with Crippen LogP contribution in [0.1, 0.15) is 57.3 Å². The number of hydrogen-bond donors (Lipinski definition) is 1. The Morgan fingerprint density at radius 3 is 2.50 bits per heavy atom. The summed E-state index contributed by atoms with van der Waals surface area (Å²) in [5.74, 6) is -0.132. The summed E-state index contributed by atoms with van der Waals surface area (Å²) >= 11 is 1.44. The third kappa shape index (κ3) is 4.28. The van der Waals surface area contributed by atoms with Gasteiger partial charge in [-0.3, -0.25) is 19.4 Å². The molecule has 150 valence electrons. The van der Waals surface area contributed by atoms with Crippen molar-refractivity contribution in [1.82, 2.24) is 4.90 Å². The predicted octanol–water partition coefficient (Wildman–Crippen LogP) is 5.27. The number of amides is 2. The Kier molecular flexibility index (Phi) is 6.52. The van der Waals surface area contributed by atoms with Crippen molar-refractivity contribution < 1.29 is 9.59 Å². The average molecular weight is 400 g/mol. The summed E-state index contributed by atoms with van der Waals surface area (Å²) in [7, 11) is 0. The molecule has 3 rings (SSSR count). The molecule has 2 heterocycles. The molecular weight excluding hydrogens is 370 g/mol. The summed E-state index contributed by atoms with van der Waals surface area (Å²) in [6.45, 7) is 9.83. The molecule has 2 amide bonds. The number of fused-ring (bicyclic) bond motifs is 2. The number of para-hydroxylation sites is 2. The molecule has 5 nitrogen and oxygen atoms in total. The second-order valence-corrected chi connectivity index (χ2v) is 8.50. The second-order valence-electron chi connectivity index (χ2n) is 7.75. The van der Waals surface area contributed by atoms with E-state index in [0.29, 0.717) is 35.4 Å².